The summed E-state index contributed by atoms with van der Waals surface area (Å²) in [5.41, 5.74) is 0.800. The van der Waals surface area contributed by atoms with Gasteiger partial charge in [-0.05, 0) is 31.2 Å². The highest BCUT2D eigenvalue weighted by Gasteiger charge is 2.39. The highest BCUT2D eigenvalue weighted by Crippen LogP contribution is 2.32. The maximum atomic E-state index is 12.8. The second kappa shape index (κ2) is 14.5. The fourth-order valence-corrected chi connectivity index (χ4v) is 4.18. The van der Waals surface area contributed by atoms with Crippen molar-refractivity contribution in [1.29, 1.82) is 0 Å². The van der Waals surface area contributed by atoms with Gasteiger partial charge in [0.25, 0.3) is 0 Å². The zero-order chi connectivity index (χ0) is 23.2. The van der Waals surface area contributed by atoms with Crippen molar-refractivity contribution in [2.75, 3.05) is 20.4 Å². The largest absolute Gasteiger partial charge is 0.468 e. The number of esters is 2. The number of nitrogens with zero attached hydrogens (tertiary/aromatic N) is 1. The lowest BCUT2D eigenvalue weighted by Crippen LogP contribution is -2.49. The molecule has 178 valence electrons. The Kier molecular flexibility index (Phi) is 11.6. The number of methoxy groups -OCH3 is 1. The Labute approximate surface area is 191 Å². The van der Waals surface area contributed by atoms with Gasteiger partial charge in [0.1, 0.15) is 5.92 Å². The molecule has 1 fully saturated rings. The molecule has 1 aliphatic rings. The van der Waals surface area contributed by atoms with Gasteiger partial charge in [-0.25, -0.2) is 4.79 Å². The third-order valence-electron chi connectivity index (χ3n) is 5.92. The molecule has 2 atom stereocenters. The van der Waals surface area contributed by atoms with E-state index in [1.165, 1.54) is 26.4 Å². The van der Waals surface area contributed by atoms with Crippen molar-refractivity contribution in [3.05, 3.63) is 35.9 Å². The van der Waals surface area contributed by atoms with Crippen LogP contribution in [0.1, 0.15) is 82.6 Å². The number of hydrogen-bond donors (Lipinski definition) is 0. The van der Waals surface area contributed by atoms with Crippen LogP contribution in [0, 0.1) is 0 Å². The minimum atomic E-state index is -0.593. The van der Waals surface area contributed by atoms with Crippen molar-refractivity contribution < 1.29 is 28.6 Å². The van der Waals surface area contributed by atoms with Crippen molar-refractivity contribution in [3.63, 3.8) is 0 Å². The Morgan fingerprint density at radius 3 is 2.44 bits per heavy atom. The van der Waals surface area contributed by atoms with E-state index in [1.54, 1.807) is 4.90 Å². The first-order valence-corrected chi connectivity index (χ1v) is 11.8. The normalized spacial score (nSPS) is 16.8. The van der Waals surface area contributed by atoms with Crippen LogP contribution >= 0.6 is 0 Å². The molecule has 0 aromatic heterocycles. The summed E-state index contributed by atoms with van der Waals surface area (Å²) in [5, 5.41) is 0. The number of carbonyl (C=O) groups excluding carboxylic acids is 3. The van der Waals surface area contributed by atoms with E-state index in [4.69, 9.17) is 14.2 Å². The van der Waals surface area contributed by atoms with Crippen LogP contribution in [0.15, 0.2) is 30.3 Å². The fourth-order valence-electron chi connectivity index (χ4n) is 4.18. The molecule has 1 aromatic carbocycles. The summed E-state index contributed by atoms with van der Waals surface area (Å²) in [6.07, 6.45) is 8.65. The van der Waals surface area contributed by atoms with E-state index in [2.05, 4.69) is 6.92 Å². The van der Waals surface area contributed by atoms with Gasteiger partial charge in [0.2, 0.25) is 6.79 Å². The summed E-state index contributed by atoms with van der Waals surface area (Å²) in [6, 6.07) is 8.96. The third-order valence-corrected chi connectivity index (χ3v) is 5.92. The van der Waals surface area contributed by atoms with E-state index in [1.807, 2.05) is 30.3 Å². The number of benzene rings is 1. The predicted octanol–water partition coefficient (Wildman–Crippen LogP) is 5.19. The van der Waals surface area contributed by atoms with Crippen LogP contribution in [0.2, 0.25) is 0 Å². The lowest BCUT2D eigenvalue weighted by molar-refractivity contribution is -0.152. The number of ether oxygens (including phenoxy) is 3. The van der Waals surface area contributed by atoms with Crippen molar-refractivity contribution in [2.24, 2.45) is 0 Å². The summed E-state index contributed by atoms with van der Waals surface area (Å²) < 4.78 is 15.4. The molecule has 0 N–H and O–H groups in total. The molecule has 1 aromatic rings. The monoisotopic (exact) mass is 447 g/mol. The van der Waals surface area contributed by atoms with Crippen LogP contribution in [0.3, 0.4) is 0 Å². The molecule has 7 heteroatoms. The molecule has 0 radical (unpaired) electrons. The predicted molar refractivity (Wildman–Crippen MR) is 121 cm³/mol. The van der Waals surface area contributed by atoms with Crippen LogP contribution in [-0.2, 0) is 23.8 Å². The first kappa shape index (κ1) is 25.7. The van der Waals surface area contributed by atoms with E-state index in [9.17, 15) is 14.4 Å². The number of piperidine rings is 1. The molecule has 1 aliphatic heterocycles. The standard InChI is InChI=1S/C25H37NO6/c1-3-4-5-6-7-11-17-22(27)31-19-32-25(29)26-18-13-12-16-21(26)23(24(28)30-2)20-14-9-8-10-15-20/h8-10,14-15,21,23H,3-7,11-13,16-19H2,1-2H3. The molecule has 1 amide bonds. The summed E-state index contributed by atoms with van der Waals surface area (Å²) in [5.74, 6) is -1.34. The van der Waals surface area contributed by atoms with Gasteiger partial charge in [-0.2, -0.15) is 0 Å². The molecule has 0 saturated carbocycles. The first-order chi connectivity index (χ1) is 15.6. The van der Waals surface area contributed by atoms with E-state index in [-0.39, 0.29) is 18.0 Å². The van der Waals surface area contributed by atoms with E-state index < -0.39 is 18.8 Å². The minimum Gasteiger partial charge on any atom is -0.468 e. The lowest BCUT2D eigenvalue weighted by atomic mass is 9.85. The van der Waals surface area contributed by atoms with Gasteiger partial charge in [0.15, 0.2) is 0 Å². The van der Waals surface area contributed by atoms with Crippen molar-refractivity contribution in [3.8, 4) is 0 Å². The second-order valence-electron chi connectivity index (χ2n) is 8.23. The Balaban J connectivity index is 1.86. The highest BCUT2D eigenvalue weighted by atomic mass is 16.7. The maximum Gasteiger partial charge on any atom is 0.412 e. The van der Waals surface area contributed by atoms with Gasteiger partial charge in [0.05, 0.1) is 13.2 Å². The van der Waals surface area contributed by atoms with Gasteiger partial charge >= 0.3 is 18.0 Å². The number of likely N-dealkylation sites (tertiary alicyclic amines) is 1. The molecular weight excluding hydrogens is 410 g/mol. The Morgan fingerprint density at radius 2 is 1.72 bits per heavy atom. The zero-order valence-corrected chi connectivity index (χ0v) is 19.4. The molecule has 0 spiro atoms. The van der Waals surface area contributed by atoms with Gasteiger partial charge in [-0.3, -0.25) is 9.59 Å². The van der Waals surface area contributed by atoms with Crippen LogP contribution < -0.4 is 0 Å². The maximum absolute atomic E-state index is 12.8. The van der Waals surface area contributed by atoms with Crippen LogP contribution in [-0.4, -0.2) is 49.4 Å². The van der Waals surface area contributed by atoms with Gasteiger partial charge in [-0.1, -0.05) is 69.4 Å². The Hall–Kier alpha value is -2.57. The van der Waals surface area contributed by atoms with Crippen molar-refractivity contribution in [1.82, 2.24) is 4.90 Å². The average Bonchev–Trinajstić information content (AvgIpc) is 2.82. The fraction of sp³-hybridized carbons (Fsp3) is 0.640. The van der Waals surface area contributed by atoms with E-state index in [0.717, 1.165) is 37.7 Å². The summed E-state index contributed by atoms with van der Waals surface area (Å²) in [7, 11) is 1.35. The molecule has 1 heterocycles. The molecule has 0 bridgehead atoms. The second-order valence-corrected chi connectivity index (χ2v) is 8.23. The smallest absolute Gasteiger partial charge is 0.412 e. The number of unbranched alkanes of at least 4 members (excludes halogenated alkanes) is 5. The summed E-state index contributed by atoms with van der Waals surface area (Å²) in [6.45, 7) is 2.24. The molecule has 2 rings (SSSR count). The lowest BCUT2D eigenvalue weighted by Gasteiger charge is -2.38. The Morgan fingerprint density at radius 1 is 1.00 bits per heavy atom. The van der Waals surface area contributed by atoms with Crippen LogP contribution in [0.5, 0.6) is 0 Å². The van der Waals surface area contributed by atoms with Gasteiger partial charge in [0, 0.05) is 13.0 Å². The highest BCUT2D eigenvalue weighted by molar-refractivity contribution is 5.80. The number of rotatable bonds is 12. The Bertz CT molecular complexity index is 708. The van der Waals surface area contributed by atoms with Gasteiger partial charge < -0.3 is 19.1 Å². The van der Waals surface area contributed by atoms with E-state index in [0.29, 0.717) is 19.4 Å². The summed E-state index contributed by atoms with van der Waals surface area (Å²) >= 11 is 0. The summed E-state index contributed by atoms with van der Waals surface area (Å²) in [4.78, 5) is 38.8. The van der Waals surface area contributed by atoms with Crippen molar-refractivity contribution in [2.45, 2.75) is 83.1 Å². The molecule has 32 heavy (non-hydrogen) atoms. The number of amides is 1. The SMILES string of the molecule is CCCCCCCCC(=O)OCOC(=O)N1CCCCC1C(C(=O)OC)c1ccccc1. The van der Waals surface area contributed by atoms with Crippen molar-refractivity contribution >= 4 is 18.0 Å². The third kappa shape index (κ3) is 8.17. The quantitative estimate of drug-likeness (QED) is 0.249. The number of carbonyl (C=O) groups is 3. The molecular formula is C25H37NO6. The zero-order valence-electron chi connectivity index (χ0n) is 19.4. The topological polar surface area (TPSA) is 82.1 Å². The molecule has 0 aliphatic carbocycles. The van der Waals surface area contributed by atoms with Crippen LogP contribution in [0.25, 0.3) is 0 Å². The number of hydrogen-bond acceptors (Lipinski definition) is 6. The average molecular weight is 448 g/mol. The molecule has 2 unspecified atom stereocenters. The molecule has 1 saturated heterocycles. The van der Waals surface area contributed by atoms with E-state index >= 15 is 0 Å². The minimum absolute atomic E-state index is 0.328. The molecule has 7 nitrogen and oxygen atoms in total. The first-order valence-electron chi connectivity index (χ1n) is 11.8. The van der Waals surface area contributed by atoms with Gasteiger partial charge in [-0.15, -0.1) is 0 Å². The van der Waals surface area contributed by atoms with Crippen LogP contribution in [0.4, 0.5) is 4.79 Å².